The summed E-state index contributed by atoms with van der Waals surface area (Å²) in [6.07, 6.45) is 0.915. The minimum absolute atomic E-state index is 0.0723. The maximum absolute atomic E-state index is 12.7. The first-order valence-electron chi connectivity index (χ1n) is 8.79. The summed E-state index contributed by atoms with van der Waals surface area (Å²) in [6.45, 7) is 5.47. The van der Waals surface area contributed by atoms with E-state index in [1.165, 1.54) is 22.0 Å². The fraction of sp³-hybridized carbons (Fsp3) is 0.316. The van der Waals surface area contributed by atoms with Crippen molar-refractivity contribution in [2.75, 3.05) is 18.1 Å². The van der Waals surface area contributed by atoms with E-state index in [-0.39, 0.29) is 11.7 Å². The van der Waals surface area contributed by atoms with Gasteiger partial charge < -0.3 is 10.7 Å². The average Bonchev–Trinajstić information content (AvgIpc) is 3.31. The second-order valence-electron chi connectivity index (χ2n) is 6.24. The van der Waals surface area contributed by atoms with Crippen molar-refractivity contribution in [2.45, 2.75) is 32.0 Å². The molecule has 8 heteroatoms. The quantitative estimate of drug-likeness (QED) is 0.461. The molecule has 27 heavy (non-hydrogen) atoms. The van der Waals surface area contributed by atoms with Crippen LogP contribution in [0.3, 0.4) is 0 Å². The molecule has 0 bridgehead atoms. The molecule has 0 fully saturated rings. The Balaban J connectivity index is 1.63. The third-order valence-electron chi connectivity index (χ3n) is 4.07. The minimum atomic E-state index is 0.0723. The molecule has 1 aromatic carbocycles. The van der Waals surface area contributed by atoms with Gasteiger partial charge in [-0.25, -0.2) is 4.68 Å². The van der Waals surface area contributed by atoms with Gasteiger partial charge in [0.1, 0.15) is 0 Å². The summed E-state index contributed by atoms with van der Waals surface area (Å²) >= 11 is 2.87. The molecule has 0 aliphatic rings. The molecule has 0 saturated heterocycles. The van der Waals surface area contributed by atoms with E-state index in [0.29, 0.717) is 17.5 Å². The van der Waals surface area contributed by atoms with Crippen molar-refractivity contribution in [1.82, 2.24) is 19.8 Å². The summed E-state index contributed by atoms with van der Waals surface area (Å²) < 4.78 is 1.45. The Kier molecular flexibility index (Phi) is 6.52. The number of thioether (sulfide) groups is 1. The van der Waals surface area contributed by atoms with Crippen LogP contribution in [0.1, 0.15) is 24.5 Å². The zero-order valence-electron chi connectivity index (χ0n) is 15.5. The first kappa shape index (κ1) is 19.4. The lowest BCUT2D eigenvalue weighted by atomic mass is 10.1. The fourth-order valence-corrected chi connectivity index (χ4v) is 4.11. The van der Waals surface area contributed by atoms with Crippen molar-refractivity contribution in [3.63, 3.8) is 0 Å². The highest BCUT2D eigenvalue weighted by molar-refractivity contribution is 7.99. The molecule has 0 spiro atoms. The van der Waals surface area contributed by atoms with Gasteiger partial charge in [-0.3, -0.25) is 4.79 Å². The van der Waals surface area contributed by atoms with Gasteiger partial charge in [-0.1, -0.05) is 54.6 Å². The van der Waals surface area contributed by atoms with Gasteiger partial charge in [0.2, 0.25) is 11.1 Å². The number of benzene rings is 1. The molecule has 2 N–H and O–H groups in total. The third-order valence-corrected chi connectivity index (χ3v) is 5.86. The Morgan fingerprint density at radius 2 is 2.04 bits per heavy atom. The molecule has 0 saturated carbocycles. The number of nitrogens with zero attached hydrogens (tertiary/aromatic N) is 4. The minimum Gasteiger partial charge on any atom is -0.338 e. The molecule has 3 rings (SSSR count). The molecular weight excluding hydrogens is 378 g/mol. The Hall–Kier alpha value is -2.32. The van der Waals surface area contributed by atoms with Crippen molar-refractivity contribution in [3.05, 3.63) is 52.9 Å². The van der Waals surface area contributed by atoms with E-state index in [1.54, 1.807) is 11.3 Å². The molecule has 0 radical (unpaired) electrons. The fourth-order valence-electron chi connectivity index (χ4n) is 2.64. The van der Waals surface area contributed by atoms with Gasteiger partial charge in [-0.15, -0.1) is 21.5 Å². The molecule has 6 nitrogen and oxygen atoms in total. The second-order valence-corrected chi connectivity index (χ2v) is 8.13. The number of carbonyl (C=O) groups excluding carboxylic acids is 1. The van der Waals surface area contributed by atoms with Crippen molar-refractivity contribution < 1.29 is 4.79 Å². The topological polar surface area (TPSA) is 77.0 Å². The molecule has 3 aromatic rings. The number of rotatable bonds is 8. The SMILES string of the molecule is CCCN(Cc1ccc(C)cc1)C(=O)CSc1nnc(-c2cccs2)n1N. The average molecular weight is 402 g/mol. The van der Waals surface area contributed by atoms with Crippen LogP contribution in [0, 0.1) is 6.92 Å². The van der Waals surface area contributed by atoms with E-state index in [9.17, 15) is 4.79 Å². The van der Waals surface area contributed by atoms with E-state index in [1.807, 2.05) is 22.4 Å². The van der Waals surface area contributed by atoms with Crippen LogP contribution in [0.15, 0.2) is 46.9 Å². The van der Waals surface area contributed by atoms with Gasteiger partial charge in [-0.2, -0.15) is 0 Å². The van der Waals surface area contributed by atoms with Crippen molar-refractivity contribution in [2.24, 2.45) is 0 Å². The zero-order valence-corrected chi connectivity index (χ0v) is 17.1. The van der Waals surface area contributed by atoms with E-state index in [0.717, 1.165) is 23.4 Å². The molecule has 0 aliphatic carbocycles. The number of hydrogen-bond acceptors (Lipinski definition) is 6. The van der Waals surface area contributed by atoms with Gasteiger partial charge in [0.25, 0.3) is 0 Å². The second kappa shape index (κ2) is 9.05. The number of nitrogen functional groups attached to an aromatic ring is 1. The summed E-state index contributed by atoms with van der Waals surface area (Å²) in [6, 6.07) is 12.2. The number of thiophene rings is 1. The third kappa shape index (κ3) is 4.90. The Bertz CT molecular complexity index is 874. The first-order chi connectivity index (χ1) is 13.1. The number of nitrogens with two attached hydrogens (primary N) is 1. The number of hydrogen-bond donors (Lipinski definition) is 1. The maximum atomic E-state index is 12.7. The predicted octanol–water partition coefficient (Wildman–Crippen LogP) is 3.56. The lowest BCUT2D eigenvalue weighted by Crippen LogP contribution is -2.32. The van der Waals surface area contributed by atoms with Crippen molar-refractivity contribution >= 4 is 29.0 Å². The lowest BCUT2D eigenvalue weighted by Gasteiger charge is -2.22. The summed E-state index contributed by atoms with van der Waals surface area (Å²) in [4.78, 5) is 15.6. The molecule has 0 aliphatic heterocycles. The lowest BCUT2D eigenvalue weighted by molar-refractivity contribution is -0.129. The highest BCUT2D eigenvalue weighted by Crippen LogP contribution is 2.25. The van der Waals surface area contributed by atoms with Crippen molar-refractivity contribution in [1.29, 1.82) is 0 Å². The van der Waals surface area contributed by atoms with Crippen LogP contribution < -0.4 is 5.84 Å². The number of carbonyl (C=O) groups is 1. The van der Waals surface area contributed by atoms with Crippen LogP contribution in [-0.2, 0) is 11.3 Å². The Labute approximate surface area is 167 Å². The smallest absolute Gasteiger partial charge is 0.233 e. The van der Waals surface area contributed by atoms with Gasteiger partial charge >= 0.3 is 0 Å². The molecule has 2 aromatic heterocycles. The standard InChI is InChI=1S/C19H23N5OS2/c1-3-10-23(12-15-8-6-14(2)7-9-15)17(25)13-27-19-22-21-18(24(19)20)16-5-4-11-26-16/h4-9,11H,3,10,12-13,20H2,1-2H3. The highest BCUT2D eigenvalue weighted by atomic mass is 32.2. The summed E-state index contributed by atoms with van der Waals surface area (Å²) in [5.41, 5.74) is 2.35. The number of aryl methyl sites for hydroxylation is 1. The van der Waals surface area contributed by atoms with Gasteiger partial charge in [0.15, 0.2) is 5.82 Å². The van der Waals surface area contributed by atoms with Gasteiger partial charge in [-0.05, 0) is 30.4 Å². The number of aromatic nitrogens is 3. The summed E-state index contributed by atoms with van der Waals surface area (Å²) in [7, 11) is 0. The molecular formula is C19H23N5OS2. The van der Waals surface area contributed by atoms with Crippen LogP contribution >= 0.6 is 23.1 Å². The summed E-state index contributed by atoms with van der Waals surface area (Å²) in [5, 5.41) is 10.8. The van der Waals surface area contributed by atoms with Crippen LogP contribution in [0.25, 0.3) is 10.7 Å². The van der Waals surface area contributed by atoms with Crippen LogP contribution in [-0.4, -0.2) is 38.0 Å². The molecule has 2 heterocycles. The largest absolute Gasteiger partial charge is 0.338 e. The van der Waals surface area contributed by atoms with E-state index < -0.39 is 0 Å². The monoisotopic (exact) mass is 401 g/mol. The Morgan fingerprint density at radius 1 is 1.26 bits per heavy atom. The van der Waals surface area contributed by atoms with Gasteiger partial charge in [0, 0.05) is 13.1 Å². The molecule has 0 atom stereocenters. The molecule has 0 unspecified atom stereocenters. The van der Waals surface area contributed by atoms with Crippen molar-refractivity contribution in [3.8, 4) is 10.7 Å². The van der Waals surface area contributed by atoms with Gasteiger partial charge in [0.05, 0.1) is 10.6 Å². The van der Waals surface area contributed by atoms with E-state index in [2.05, 4.69) is 48.3 Å². The highest BCUT2D eigenvalue weighted by Gasteiger charge is 2.17. The van der Waals surface area contributed by atoms with Crippen LogP contribution in [0.5, 0.6) is 0 Å². The Morgan fingerprint density at radius 3 is 2.70 bits per heavy atom. The maximum Gasteiger partial charge on any atom is 0.233 e. The van der Waals surface area contributed by atoms with E-state index in [4.69, 9.17) is 5.84 Å². The van der Waals surface area contributed by atoms with Crippen LogP contribution in [0.4, 0.5) is 0 Å². The van der Waals surface area contributed by atoms with E-state index >= 15 is 0 Å². The zero-order chi connectivity index (χ0) is 19.2. The molecule has 1 amide bonds. The van der Waals surface area contributed by atoms with Crippen LogP contribution in [0.2, 0.25) is 0 Å². The first-order valence-corrected chi connectivity index (χ1v) is 10.7. The normalized spacial score (nSPS) is 10.9. The molecule has 142 valence electrons. The summed E-state index contributed by atoms with van der Waals surface area (Å²) in [5.74, 6) is 7.08. The number of amides is 1. The predicted molar refractivity (Wildman–Crippen MR) is 111 cm³/mol.